The zero-order valence-corrected chi connectivity index (χ0v) is 9.09. The Hall–Kier alpha value is -1.24. The van der Waals surface area contributed by atoms with Crippen LogP contribution in [0.25, 0.3) is 6.08 Å². The molecule has 0 aliphatic carbocycles. The third-order valence-electron chi connectivity index (χ3n) is 2.62. The summed E-state index contributed by atoms with van der Waals surface area (Å²) in [6.45, 7) is 8.22. The molecule has 0 amide bonds. The molecule has 0 aliphatic heterocycles. The van der Waals surface area contributed by atoms with Gasteiger partial charge in [0.1, 0.15) is 0 Å². The lowest BCUT2D eigenvalue weighted by atomic mass is 9.94. The second-order valence-corrected chi connectivity index (χ2v) is 3.78. The fourth-order valence-electron chi connectivity index (χ4n) is 1.68. The summed E-state index contributed by atoms with van der Waals surface area (Å²) in [6.07, 6.45) is 4.26. The van der Waals surface area contributed by atoms with Gasteiger partial charge in [-0.1, -0.05) is 39.0 Å². The summed E-state index contributed by atoms with van der Waals surface area (Å²) in [5.74, 6) is 0.610. The number of rotatable bonds is 4. The first kappa shape index (κ1) is 10.8. The molecule has 1 aromatic carbocycles. The fourth-order valence-corrected chi connectivity index (χ4v) is 1.68. The van der Waals surface area contributed by atoms with Crippen molar-refractivity contribution < 1.29 is 0 Å². The maximum absolute atomic E-state index is 5.80. The van der Waals surface area contributed by atoms with Crippen molar-refractivity contribution >= 4 is 11.8 Å². The fraction of sp³-hybridized carbons (Fsp3) is 0.385. The van der Waals surface area contributed by atoms with Crippen LogP contribution < -0.4 is 5.73 Å². The van der Waals surface area contributed by atoms with Crippen LogP contribution in [0.15, 0.2) is 24.8 Å². The van der Waals surface area contributed by atoms with Gasteiger partial charge in [-0.3, -0.25) is 0 Å². The van der Waals surface area contributed by atoms with Crippen molar-refractivity contribution in [1.29, 1.82) is 0 Å². The molecule has 0 fully saturated rings. The molecule has 1 unspecified atom stereocenters. The molecule has 1 aromatic rings. The molecule has 0 spiro atoms. The van der Waals surface area contributed by atoms with Crippen LogP contribution >= 0.6 is 0 Å². The van der Waals surface area contributed by atoms with Crippen molar-refractivity contribution in [3.63, 3.8) is 0 Å². The summed E-state index contributed by atoms with van der Waals surface area (Å²) in [6, 6.07) is 6.23. The highest BCUT2D eigenvalue weighted by molar-refractivity contribution is 5.64. The van der Waals surface area contributed by atoms with Crippen molar-refractivity contribution in [2.75, 3.05) is 5.73 Å². The first-order chi connectivity index (χ1) is 6.69. The molecule has 0 saturated heterocycles. The van der Waals surface area contributed by atoms with Gasteiger partial charge in [0.05, 0.1) is 0 Å². The average molecular weight is 189 g/mol. The Morgan fingerprint density at radius 2 is 2.21 bits per heavy atom. The normalized spacial score (nSPS) is 12.4. The Balaban J connectivity index is 2.94. The Labute approximate surface area is 86.6 Å². The molecule has 1 rings (SSSR count). The van der Waals surface area contributed by atoms with Crippen molar-refractivity contribution in [3.8, 4) is 0 Å². The number of nitrogens with two attached hydrogens (primary N) is 1. The second kappa shape index (κ2) is 4.85. The van der Waals surface area contributed by atoms with Crippen LogP contribution in [-0.4, -0.2) is 0 Å². The van der Waals surface area contributed by atoms with Gasteiger partial charge in [-0.25, -0.2) is 0 Å². The molecule has 0 heterocycles. The summed E-state index contributed by atoms with van der Waals surface area (Å²) in [5, 5.41) is 0. The van der Waals surface area contributed by atoms with Gasteiger partial charge in [-0.05, 0) is 35.6 Å². The van der Waals surface area contributed by atoms with E-state index in [2.05, 4.69) is 32.6 Å². The van der Waals surface area contributed by atoms with E-state index in [4.69, 9.17) is 5.73 Å². The molecular weight excluding hydrogens is 170 g/mol. The Kier molecular flexibility index (Phi) is 3.75. The molecule has 76 valence electrons. The number of benzene rings is 1. The van der Waals surface area contributed by atoms with Gasteiger partial charge in [-0.15, -0.1) is 0 Å². The van der Waals surface area contributed by atoms with E-state index in [9.17, 15) is 0 Å². The summed E-state index contributed by atoms with van der Waals surface area (Å²) in [7, 11) is 0. The van der Waals surface area contributed by atoms with Crippen molar-refractivity contribution in [3.05, 3.63) is 35.9 Å². The number of hydrogen-bond acceptors (Lipinski definition) is 1. The second-order valence-electron chi connectivity index (χ2n) is 3.78. The van der Waals surface area contributed by atoms with Crippen LogP contribution in [0.5, 0.6) is 0 Å². The monoisotopic (exact) mass is 189 g/mol. The summed E-state index contributed by atoms with van der Waals surface area (Å²) >= 11 is 0. The van der Waals surface area contributed by atoms with E-state index in [1.165, 1.54) is 18.4 Å². The van der Waals surface area contributed by atoms with Gasteiger partial charge < -0.3 is 5.73 Å². The zero-order valence-electron chi connectivity index (χ0n) is 9.09. The maximum atomic E-state index is 5.80. The maximum Gasteiger partial charge on any atom is 0.0387 e. The van der Waals surface area contributed by atoms with Crippen molar-refractivity contribution in [1.82, 2.24) is 0 Å². The lowest BCUT2D eigenvalue weighted by molar-refractivity contribution is 0.665. The van der Waals surface area contributed by atoms with E-state index < -0.39 is 0 Å². The molecular formula is C13H19N. The van der Waals surface area contributed by atoms with E-state index in [1.54, 1.807) is 0 Å². The largest absolute Gasteiger partial charge is 0.398 e. The van der Waals surface area contributed by atoms with Crippen LogP contribution in [0.3, 0.4) is 0 Å². The SMILES string of the molecule is C=Cc1cc(C(C)CCC)ccc1N. The van der Waals surface area contributed by atoms with E-state index in [0.717, 1.165) is 11.3 Å². The van der Waals surface area contributed by atoms with Gasteiger partial charge in [0.2, 0.25) is 0 Å². The molecule has 1 atom stereocenters. The van der Waals surface area contributed by atoms with E-state index >= 15 is 0 Å². The smallest absolute Gasteiger partial charge is 0.0387 e. The Bertz CT molecular complexity index is 315. The molecule has 1 heteroatoms. The van der Waals surface area contributed by atoms with Crippen LogP contribution in [0.2, 0.25) is 0 Å². The number of nitrogen functional groups attached to an aromatic ring is 1. The van der Waals surface area contributed by atoms with Gasteiger partial charge in [0.25, 0.3) is 0 Å². The first-order valence-electron chi connectivity index (χ1n) is 5.21. The predicted octanol–water partition coefficient (Wildman–Crippen LogP) is 3.82. The van der Waals surface area contributed by atoms with E-state index in [0.29, 0.717) is 5.92 Å². The third kappa shape index (κ3) is 2.38. The van der Waals surface area contributed by atoms with Gasteiger partial charge in [0.15, 0.2) is 0 Å². The van der Waals surface area contributed by atoms with E-state index in [1.807, 2.05) is 12.1 Å². The Morgan fingerprint density at radius 3 is 2.79 bits per heavy atom. The minimum atomic E-state index is 0.610. The highest BCUT2D eigenvalue weighted by atomic mass is 14.5. The van der Waals surface area contributed by atoms with Crippen LogP contribution in [-0.2, 0) is 0 Å². The number of hydrogen-bond donors (Lipinski definition) is 1. The Morgan fingerprint density at radius 1 is 1.50 bits per heavy atom. The molecule has 1 nitrogen and oxygen atoms in total. The van der Waals surface area contributed by atoms with Crippen LogP contribution in [0, 0.1) is 0 Å². The predicted molar refractivity (Wildman–Crippen MR) is 64.3 cm³/mol. The molecule has 14 heavy (non-hydrogen) atoms. The minimum absolute atomic E-state index is 0.610. The van der Waals surface area contributed by atoms with Crippen LogP contribution in [0.1, 0.15) is 43.7 Å². The zero-order chi connectivity index (χ0) is 10.6. The summed E-state index contributed by atoms with van der Waals surface area (Å²) < 4.78 is 0. The molecule has 2 N–H and O–H groups in total. The highest BCUT2D eigenvalue weighted by Crippen LogP contribution is 2.24. The topological polar surface area (TPSA) is 26.0 Å². The van der Waals surface area contributed by atoms with Crippen LogP contribution in [0.4, 0.5) is 5.69 Å². The molecule has 0 saturated carbocycles. The lowest BCUT2D eigenvalue weighted by Gasteiger charge is -2.12. The summed E-state index contributed by atoms with van der Waals surface area (Å²) in [4.78, 5) is 0. The van der Waals surface area contributed by atoms with Crippen molar-refractivity contribution in [2.45, 2.75) is 32.6 Å². The van der Waals surface area contributed by atoms with Gasteiger partial charge in [-0.2, -0.15) is 0 Å². The molecule has 0 aliphatic rings. The first-order valence-corrected chi connectivity index (χ1v) is 5.21. The van der Waals surface area contributed by atoms with Crippen molar-refractivity contribution in [2.24, 2.45) is 0 Å². The third-order valence-corrected chi connectivity index (χ3v) is 2.62. The molecule has 0 radical (unpaired) electrons. The molecule has 0 aromatic heterocycles. The lowest BCUT2D eigenvalue weighted by Crippen LogP contribution is -1.96. The average Bonchev–Trinajstić information content (AvgIpc) is 2.19. The van der Waals surface area contributed by atoms with Gasteiger partial charge >= 0.3 is 0 Å². The highest BCUT2D eigenvalue weighted by Gasteiger charge is 2.05. The summed E-state index contributed by atoms with van der Waals surface area (Å²) in [5.41, 5.74) is 9.02. The quantitative estimate of drug-likeness (QED) is 0.716. The molecule has 0 bridgehead atoms. The standard InChI is InChI=1S/C13H19N/c1-4-6-10(3)12-7-8-13(14)11(5-2)9-12/h5,7-10H,2,4,6,14H2,1,3H3. The van der Waals surface area contributed by atoms with Gasteiger partial charge in [0, 0.05) is 5.69 Å². The number of anilines is 1. The van der Waals surface area contributed by atoms with E-state index in [-0.39, 0.29) is 0 Å². The minimum Gasteiger partial charge on any atom is -0.398 e.